The van der Waals surface area contributed by atoms with Gasteiger partial charge in [-0.2, -0.15) is 0 Å². The number of rotatable bonds is 3. The fraction of sp³-hybridized carbons (Fsp3) is 0.250. The molecule has 0 aliphatic heterocycles. The lowest BCUT2D eigenvalue weighted by Crippen LogP contribution is -2.11. The van der Waals surface area contributed by atoms with Gasteiger partial charge < -0.3 is 4.98 Å². The van der Waals surface area contributed by atoms with Crippen molar-refractivity contribution in [3.8, 4) is 11.4 Å². The van der Waals surface area contributed by atoms with Crippen LogP contribution >= 0.6 is 11.3 Å². The van der Waals surface area contributed by atoms with Crippen molar-refractivity contribution >= 4 is 21.4 Å². The number of thiophene rings is 1. The Balaban J connectivity index is 2.14. The van der Waals surface area contributed by atoms with Crippen molar-refractivity contribution in [1.82, 2.24) is 9.97 Å². The minimum atomic E-state index is -0.0825. The summed E-state index contributed by atoms with van der Waals surface area (Å²) in [6.07, 6.45) is 0.818. The van der Waals surface area contributed by atoms with Gasteiger partial charge in [-0.05, 0) is 18.4 Å². The summed E-state index contributed by atoms with van der Waals surface area (Å²) in [4.78, 5) is 19.3. The fourth-order valence-corrected chi connectivity index (χ4v) is 3.27. The lowest BCUT2D eigenvalue weighted by atomic mass is 10.1. The Morgan fingerprint density at radius 2 is 2.10 bits per heavy atom. The van der Waals surface area contributed by atoms with Gasteiger partial charge in [0, 0.05) is 32.8 Å². The molecule has 0 aliphatic carbocycles. The molecule has 1 aromatic carbocycles. The quantitative estimate of drug-likeness (QED) is 0.794. The predicted molar refractivity (Wildman–Crippen MR) is 84.2 cm³/mol. The van der Waals surface area contributed by atoms with Crippen LogP contribution in [-0.2, 0) is 6.42 Å². The Morgan fingerprint density at radius 3 is 2.90 bits per heavy atom. The van der Waals surface area contributed by atoms with Crippen molar-refractivity contribution in [2.75, 3.05) is 0 Å². The summed E-state index contributed by atoms with van der Waals surface area (Å²) in [5.74, 6) is 1.15. The molecule has 0 spiro atoms. The maximum atomic E-state index is 11.8. The van der Waals surface area contributed by atoms with Crippen LogP contribution in [0.4, 0.5) is 0 Å². The average Bonchev–Trinajstić information content (AvgIpc) is 2.80. The summed E-state index contributed by atoms with van der Waals surface area (Å²) in [5.41, 5.74) is 1.78. The van der Waals surface area contributed by atoms with Crippen LogP contribution in [0.25, 0.3) is 21.5 Å². The molecule has 1 N–H and O–H groups in total. The molecule has 0 aliphatic rings. The highest BCUT2D eigenvalue weighted by atomic mass is 32.1. The van der Waals surface area contributed by atoms with Crippen molar-refractivity contribution in [2.45, 2.75) is 20.3 Å². The Labute approximate surface area is 121 Å². The van der Waals surface area contributed by atoms with Crippen LogP contribution in [0.1, 0.15) is 19.5 Å². The zero-order valence-electron chi connectivity index (χ0n) is 11.5. The first-order valence-corrected chi connectivity index (χ1v) is 7.58. The fourth-order valence-electron chi connectivity index (χ4n) is 2.32. The summed E-state index contributed by atoms with van der Waals surface area (Å²) in [7, 11) is 0. The summed E-state index contributed by atoms with van der Waals surface area (Å²) in [5, 5.41) is 3.20. The van der Waals surface area contributed by atoms with E-state index in [0.29, 0.717) is 11.7 Å². The Hall–Kier alpha value is -1.94. The molecular weight excluding hydrogens is 268 g/mol. The van der Waals surface area contributed by atoms with E-state index in [0.717, 1.165) is 23.1 Å². The smallest absolute Gasteiger partial charge is 0.251 e. The molecule has 3 nitrogen and oxygen atoms in total. The van der Waals surface area contributed by atoms with Gasteiger partial charge >= 0.3 is 0 Å². The van der Waals surface area contributed by atoms with E-state index in [4.69, 9.17) is 0 Å². The zero-order chi connectivity index (χ0) is 14.1. The van der Waals surface area contributed by atoms with E-state index in [1.165, 1.54) is 4.70 Å². The first kappa shape index (κ1) is 13.1. The number of nitrogens with zero attached hydrogens (tertiary/aromatic N) is 1. The molecule has 4 heteroatoms. The van der Waals surface area contributed by atoms with Gasteiger partial charge in [0.2, 0.25) is 0 Å². The highest BCUT2D eigenvalue weighted by Gasteiger charge is 2.10. The lowest BCUT2D eigenvalue weighted by molar-refractivity contribution is 0.634. The van der Waals surface area contributed by atoms with E-state index in [1.54, 1.807) is 17.4 Å². The van der Waals surface area contributed by atoms with Crippen LogP contribution < -0.4 is 5.56 Å². The number of aromatic amines is 1. The SMILES string of the molecule is CC(C)Cc1cc(=O)[nH]c(-c2csc3ccccc23)n1. The number of benzene rings is 1. The van der Waals surface area contributed by atoms with Gasteiger partial charge in [-0.1, -0.05) is 32.0 Å². The molecule has 0 saturated carbocycles. The molecule has 0 fully saturated rings. The molecule has 102 valence electrons. The van der Waals surface area contributed by atoms with Crippen LogP contribution in [0.3, 0.4) is 0 Å². The molecule has 2 heterocycles. The standard InChI is InChI=1S/C16H16N2OS/c1-10(2)7-11-8-15(19)18-16(17-11)13-9-20-14-6-4-3-5-12(13)14/h3-6,8-10H,7H2,1-2H3,(H,17,18,19). The molecule has 0 bridgehead atoms. The highest BCUT2D eigenvalue weighted by molar-refractivity contribution is 7.17. The Morgan fingerprint density at radius 1 is 1.30 bits per heavy atom. The van der Waals surface area contributed by atoms with Gasteiger partial charge in [0.25, 0.3) is 5.56 Å². The number of nitrogens with one attached hydrogen (secondary N) is 1. The van der Waals surface area contributed by atoms with Crippen LogP contribution in [0.2, 0.25) is 0 Å². The van der Waals surface area contributed by atoms with Crippen molar-refractivity contribution in [3.05, 3.63) is 51.8 Å². The molecule has 3 aromatic rings. The van der Waals surface area contributed by atoms with Gasteiger partial charge in [0.1, 0.15) is 5.82 Å². The summed E-state index contributed by atoms with van der Waals surface area (Å²) in [6.45, 7) is 4.26. The number of H-pyrrole nitrogens is 1. The van der Waals surface area contributed by atoms with E-state index in [9.17, 15) is 4.79 Å². The van der Waals surface area contributed by atoms with Crippen molar-refractivity contribution < 1.29 is 0 Å². The second-order valence-corrected chi connectivity index (χ2v) is 6.24. The lowest BCUT2D eigenvalue weighted by Gasteiger charge is -2.06. The third-order valence-electron chi connectivity index (χ3n) is 3.15. The van der Waals surface area contributed by atoms with Gasteiger partial charge in [-0.15, -0.1) is 11.3 Å². The second-order valence-electron chi connectivity index (χ2n) is 5.33. The topological polar surface area (TPSA) is 45.8 Å². The monoisotopic (exact) mass is 284 g/mol. The highest BCUT2D eigenvalue weighted by Crippen LogP contribution is 2.31. The van der Waals surface area contributed by atoms with Crippen molar-refractivity contribution in [1.29, 1.82) is 0 Å². The molecule has 2 aromatic heterocycles. The second kappa shape index (κ2) is 5.21. The van der Waals surface area contributed by atoms with E-state index in [1.807, 2.05) is 12.1 Å². The number of hydrogen-bond donors (Lipinski definition) is 1. The predicted octanol–water partition coefficient (Wildman–Crippen LogP) is 3.85. The largest absolute Gasteiger partial charge is 0.306 e. The summed E-state index contributed by atoms with van der Waals surface area (Å²) in [6, 6.07) is 9.77. The summed E-state index contributed by atoms with van der Waals surface area (Å²) < 4.78 is 1.21. The number of aromatic nitrogens is 2. The zero-order valence-corrected chi connectivity index (χ0v) is 12.3. The Kier molecular flexibility index (Phi) is 3.40. The Bertz CT molecular complexity index is 801. The molecule has 0 saturated heterocycles. The van der Waals surface area contributed by atoms with E-state index >= 15 is 0 Å². The molecule has 0 unspecified atom stereocenters. The molecule has 0 radical (unpaired) electrons. The van der Waals surface area contributed by atoms with Crippen LogP contribution in [0.15, 0.2) is 40.5 Å². The molecule has 0 amide bonds. The third kappa shape index (κ3) is 2.51. The van der Waals surface area contributed by atoms with E-state index in [-0.39, 0.29) is 5.56 Å². The number of hydrogen-bond acceptors (Lipinski definition) is 3. The van der Waals surface area contributed by atoms with Crippen LogP contribution in [0, 0.1) is 5.92 Å². The van der Waals surface area contributed by atoms with Crippen LogP contribution in [0.5, 0.6) is 0 Å². The van der Waals surface area contributed by atoms with Gasteiger partial charge in [-0.25, -0.2) is 4.98 Å². The average molecular weight is 284 g/mol. The minimum Gasteiger partial charge on any atom is -0.306 e. The van der Waals surface area contributed by atoms with Gasteiger partial charge in [0.15, 0.2) is 0 Å². The number of fused-ring (bicyclic) bond motifs is 1. The molecule has 20 heavy (non-hydrogen) atoms. The normalized spacial score (nSPS) is 11.3. The molecule has 3 rings (SSSR count). The first-order chi connectivity index (χ1) is 9.63. The van der Waals surface area contributed by atoms with Crippen molar-refractivity contribution in [3.63, 3.8) is 0 Å². The summed E-state index contributed by atoms with van der Waals surface area (Å²) >= 11 is 1.67. The van der Waals surface area contributed by atoms with E-state index in [2.05, 4.69) is 41.3 Å². The van der Waals surface area contributed by atoms with E-state index < -0.39 is 0 Å². The first-order valence-electron chi connectivity index (χ1n) is 6.70. The maximum absolute atomic E-state index is 11.8. The minimum absolute atomic E-state index is 0.0825. The van der Waals surface area contributed by atoms with Gasteiger partial charge in [0.05, 0.1) is 0 Å². The van der Waals surface area contributed by atoms with Crippen LogP contribution in [-0.4, -0.2) is 9.97 Å². The third-order valence-corrected chi connectivity index (χ3v) is 4.11. The van der Waals surface area contributed by atoms with Gasteiger partial charge in [-0.3, -0.25) is 4.79 Å². The molecule has 0 atom stereocenters. The molecular formula is C16H16N2OS. The maximum Gasteiger partial charge on any atom is 0.251 e. The van der Waals surface area contributed by atoms with Crippen molar-refractivity contribution in [2.24, 2.45) is 5.92 Å².